The van der Waals surface area contributed by atoms with Crippen LogP contribution in [0.1, 0.15) is 30.0 Å². The molecule has 0 saturated carbocycles. The minimum absolute atomic E-state index is 0.558. The van der Waals surface area contributed by atoms with Gasteiger partial charge in [-0.25, -0.2) is 0 Å². The molecule has 0 radical (unpaired) electrons. The average molecular weight is 218 g/mol. The molecule has 1 aromatic rings. The van der Waals surface area contributed by atoms with Gasteiger partial charge in [-0.1, -0.05) is 29.8 Å². The molecule has 2 N–H and O–H groups in total. The van der Waals surface area contributed by atoms with Crippen LogP contribution in [0.2, 0.25) is 0 Å². The van der Waals surface area contributed by atoms with E-state index in [0.29, 0.717) is 12.0 Å². The number of benzene rings is 1. The number of aryl methyl sites for hydroxylation is 1. The molecule has 1 aromatic carbocycles. The molecule has 0 aromatic heterocycles. The van der Waals surface area contributed by atoms with E-state index in [1.54, 1.807) is 0 Å². The Kier molecular flexibility index (Phi) is 3.62. The molecule has 0 aliphatic carbocycles. The summed E-state index contributed by atoms with van der Waals surface area (Å²) < 4.78 is 0. The van der Waals surface area contributed by atoms with Gasteiger partial charge >= 0.3 is 0 Å². The first kappa shape index (κ1) is 11.6. The molecular formula is C14H22N2. The zero-order valence-corrected chi connectivity index (χ0v) is 10.3. The number of nitrogens with zero attached hydrogens (tertiary/aromatic N) is 1. The summed E-state index contributed by atoms with van der Waals surface area (Å²) in [5.41, 5.74) is 8.56. The van der Waals surface area contributed by atoms with Crippen LogP contribution < -0.4 is 5.73 Å². The number of rotatable bonds is 2. The van der Waals surface area contributed by atoms with Gasteiger partial charge in [-0.05, 0) is 51.4 Å². The van der Waals surface area contributed by atoms with Gasteiger partial charge in [0.05, 0.1) is 0 Å². The lowest BCUT2D eigenvalue weighted by atomic mass is 9.87. The van der Waals surface area contributed by atoms with E-state index in [0.717, 1.165) is 6.54 Å². The van der Waals surface area contributed by atoms with Crippen molar-refractivity contribution in [3.63, 3.8) is 0 Å². The molecule has 0 amide bonds. The minimum atomic E-state index is 0.558. The van der Waals surface area contributed by atoms with E-state index < -0.39 is 0 Å². The summed E-state index contributed by atoms with van der Waals surface area (Å²) in [5.74, 6) is 0.697. The Morgan fingerprint density at radius 1 is 1.31 bits per heavy atom. The van der Waals surface area contributed by atoms with Crippen molar-refractivity contribution >= 4 is 0 Å². The maximum absolute atomic E-state index is 5.79. The highest BCUT2D eigenvalue weighted by Gasteiger charge is 2.26. The van der Waals surface area contributed by atoms with Crippen LogP contribution in [-0.2, 0) is 0 Å². The zero-order chi connectivity index (χ0) is 11.5. The maximum Gasteiger partial charge on any atom is 0.0348 e. The summed E-state index contributed by atoms with van der Waals surface area (Å²) >= 11 is 0. The molecule has 2 unspecified atom stereocenters. The fourth-order valence-corrected chi connectivity index (χ4v) is 2.55. The quantitative estimate of drug-likeness (QED) is 0.825. The van der Waals surface area contributed by atoms with Gasteiger partial charge < -0.3 is 5.73 Å². The molecule has 2 nitrogen and oxygen atoms in total. The van der Waals surface area contributed by atoms with Gasteiger partial charge in [-0.2, -0.15) is 0 Å². The molecule has 1 aliphatic heterocycles. The van der Waals surface area contributed by atoms with Crippen LogP contribution in [0.15, 0.2) is 24.3 Å². The number of piperidine rings is 1. The Balaban J connectivity index is 2.14. The highest BCUT2D eigenvalue weighted by atomic mass is 15.1. The van der Waals surface area contributed by atoms with E-state index in [9.17, 15) is 0 Å². The first-order valence-electron chi connectivity index (χ1n) is 6.17. The lowest BCUT2D eigenvalue weighted by Crippen LogP contribution is -2.36. The second-order valence-corrected chi connectivity index (χ2v) is 5.03. The third-order valence-electron chi connectivity index (χ3n) is 3.77. The number of hydrogen-bond donors (Lipinski definition) is 1. The van der Waals surface area contributed by atoms with Gasteiger partial charge in [-0.15, -0.1) is 0 Å². The largest absolute Gasteiger partial charge is 0.330 e. The van der Waals surface area contributed by atoms with E-state index in [1.165, 1.54) is 30.5 Å². The molecular weight excluding hydrogens is 196 g/mol. The fourth-order valence-electron chi connectivity index (χ4n) is 2.55. The molecule has 0 spiro atoms. The molecule has 1 aliphatic rings. The SMILES string of the molecule is Cc1ccc(C2CC(CN)CCN2C)cc1. The number of likely N-dealkylation sites (tertiary alicyclic amines) is 1. The summed E-state index contributed by atoms with van der Waals surface area (Å²) in [5, 5.41) is 0. The number of hydrogen-bond acceptors (Lipinski definition) is 2. The van der Waals surface area contributed by atoms with Crippen LogP contribution >= 0.6 is 0 Å². The lowest BCUT2D eigenvalue weighted by Gasteiger charge is -2.37. The Hall–Kier alpha value is -0.860. The van der Waals surface area contributed by atoms with Crippen molar-refractivity contribution in [2.24, 2.45) is 11.7 Å². The molecule has 2 atom stereocenters. The van der Waals surface area contributed by atoms with Crippen LogP contribution in [0.4, 0.5) is 0 Å². The van der Waals surface area contributed by atoms with Gasteiger partial charge in [-0.3, -0.25) is 4.90 Å². The van der Waals surface area contributed by atoms with Gasteiger partial charge in [0.25, 0.3) is 0 Å². The second kappa shape index (κ2) is 4.98. The highest BCUT2D eigenvalue weighted by Crippen LogP contribution is 2.32. The monoisotopic (exact) mass is 218 g/mol. The summed E-state index contributed by atoms with van der Waals surface area (Å²) in [6.45, 7) is 4.13. The summed E-state index contributed by atoms with van der Waals surface area (Å²) in [6.07, 6.45) is 2.45. The lowest BCUT2D eigenvalue weighted by molar-refractivity contribution is 0.145. The molecule has 2 heteroatoms. The van der Waals surface area contributed by atoms with Crippen LogP contribution in [0.5, 0.6) is 0 Å². The standard InChI is InChI=1S/C14H22N2/c1-11-3-5-13(6-4-11)14-9-12(10-15)7-8-16(14)2/h3-6,12,14H,7-10,15H2,1-2H3. The van der Waals surface area contributed by atoms with Gasteiger partial charge in [0.1, 0.15) is 0 Å². The van der Waals surface area contributed by atoms with Crippen molar-refractivity contribution in [3.8, 4) is 0 Å². The first-order valence-corrected chi connectivity index (χ1v) is 6.17. The normalized spacial score (nSPS) is 26.9. The van der Waals surface area contributed by atoms with Crippen LogP contribution in [0.25, 0.3) is 0 Å². The van der Waals surface area contributed by atoms with Gasteiger partial charge in [0.2, 0.25) is 0 Å². The Morgan fingerprint density at radius 3 is 2.62 bits per heavy atom. The summed E-state index contributed by atoms with van der Waals surface area (Å²) in [7, 11) is 2.22. The Morgan fingerprint density at radius 2 is 2.00 bits per heavy atom. The zero-order valence-electron chi connectivity index (χ0n) is 10.3. The highest BCUT2D eigenvalue weighted by molar-refractivity contribution is 5.24. The van der Waals surface area contributed by atoms with Crippen molar-refractivity contribution in [1.29, 1.82) is 0 Å². The van der Waals surface area contributed by atoms with Crippen LogP contribution in [0.3, 0.4) is 0 Å². The Bertz CT molecular complexity index is 331. The van der Waals surface area contributed by atoms with Crippen molar-refractivity contribution in [2.45, 2.75) is 25.8 Å². The van der Waals surface area contributed by atoms with Crippen molar-refractivity contribution in [1.82, 2.24) is 4.90 Å². The van der Waals surface area contributed by atoms with Gasteiger partial charge in [0, 0.05) is 6.04 Å². The topological polar surface area (TPSA) is 29.3 Å². The maximum atomic E-state index is 5.79. The second-order valence-electron chi connectivity index (χ2n) is 5.03. The van der Waals surface area contributed by atoms with E-state index in [-0.39, 0.29) is 0 Å². The predicted octanol–water partition coefficient (Wildman–Crippen LogP) is 2.34. The summed E-state index contributed by atoms with van der Waals surface area (Å²) in [4.78, 5) is 2.46. The fraction of sp³-hybridized carbons (Fsp3) is 0.571. The molecule has 1 fully saturated rings. The summed E-state index contributed by atoms with van der Waals surface area (Å²) in [6, 6.07) is 9.48. The third kappa shape index (κ3) is 2.45. The van der Waals surface area contributed by atoms with E-state index in [4.69, 9.17) is 5.73 Å². The molecule has 2 rings (SSSR count). The third-order valence-corrected chi connectivity index (χ3v) is 3.77. The van der Waals surface area contributed by atoms with E-state index in [1.807, 2.05) is 0 Å². The molecule has 16 heavy (non-hydrogen) atoms. The van der Waals surface area contributed by atoms with E-state index >= 15 is 0 Å². The number of nitrogens with two attached hydrogens (primary N) is 1. The average Bonchev–Trinajstić information content (AvgIpc) is 2.31. The van der Waals surface area contributed by atoms with Gasteiger partial charge in [0.15, 0.2) is 0 Å². The molecule has 0 bridgehead atoms. The van der Waals surface area contributed by atoms with Crippen molar-refractivity contribution in [3.05, 3.63) is 35.4 Å². The smallest absolute Gasteiger partial charge is 0.0348 e. The minimum Gasteiger partial charge on any atom is -0.330 e. The van der Waals surface area contributed by atoms with Crippen molar-refractivity contribution in [2.75, 3.05) is 20.1 Å². The molecule has 88 valence electrons. The van der Waals surface area contributed by atoms with E-state index in [2.05, 4.69) is 43.1 Å². The predicted molar refractivity (Wildman–Crippen MR) is 68.3 cm³/mol. The van der Waals surface area contributed by atoms with Crippen LogP contribution in [0, 0.1) is 12.8 Å². The molecule has 1 heterocycles. The first-order chi connectivity index (χ1) is 7.70. The van der Waals surface area contributed by atoms with Crippen LogP contribution in [-0.4, -0.2) is 25.0 Å². The Labute approximate surface area is 98.4 Å². The molecule has 1 saturated heterocycles. The van der Waals surface area contributed by atoms with Crippen molar-refractivity contribution < 1.29 is 0 Å².